The maximum absolute atomic E-state index is 11.3. The van der Waals surface area contributed by atoms with Crippen LogP contribution in [0.25, 0.3) is 0 Å². The monoisotopic (exact) mass is 199 g/mol. The molecule has 1 N–H and O–H groups in total. The van der Waals surface area contributed by atoms with E-state index >= 15 is 0 Å². The van der Waals surface area contributed by atoms with Crippen LogP contribution in [0.2, 0.25) is 0 Å². The summed E-state index contributed by atoms with van der Waals surface area (Å²) in [6.45, 7) is 12.8. The number of rotatable bonds is 5. The van der Waals surface area contributed by atoms with E-state index in [1.54, 1.807) is 0 Å². The van der Waals surface area contributed by atoms with Crippen LogP contribution in [0.1, 0.15) is 60.8 Å². The van der Waals surface area contributed by atoms with E-state index in [9.17, 15) is 4.79 Å². The number of hydrogen-bond acceptors (Lipinski definition) is 1. The molecule has 0 saturated carbocycles. The van der Waals surface area contributed by atoms with E-state index in [0.29, 0.717) is 11.8 Å². The maximum atomic E-state index is 11.3. The standard InChI is InChI=1S/C12H25NO/c1-7-10(14)13-12(5,6)9-11(3,4)8-2/h7-9H2,1-6H3,(H,13,14). The van der Waals surface area contributed by atoms with Gasteiger partial charge in [0.25, 0.3) is 0 Å². The van der Waals surface area contributed by atoms with Crippen LogP contribution in [0.3, 0.4) is 0 Å². The van der Waals surface area contributed by atoms with Crippen LogP contribution in [0.5, 0.6) is 0 Å². The van der Waals surface area contributed by atoms with Gasteiger partial charge in [-0.2, -0.15) is 0 Å². The second-order valence-electron chi connectivity index (χ2n) is 5.48. The highest BCUT2D eigenvalue weighted by molar-refractivity contribution is 5.76. The zero-order valence-electron chi connectivity index (χ0n) is 10.5. The van der Waals surface area contributed by atoms with Gasteiger partial charge in [0.05, 0.1) is 0 Å². The van der Waals surface area contributed by atoms with Crippen molar-refractivity contribution in [3.8, 4) is 0 Å². The summed E-state index contributed by atoms with van der Waals surface area (Å²) in [5, 5.41) is 3.06. The molecule has 2 heteroatoms. The lowest BCUT2D eigenvalue weighted by Crippen LogP contribution is -2.45. The third kappa shape index (κ3) is 5.25. The van der Waals surface area contributed by atoms with Crippen LogP contribution < -0.4 is 5.32 Å². The van der Waals surface area contributed by atoms with Crippen LogP contribution in [0.4, 0.5) is 0 Å². The lowest BCUT2D eigenvalue weighted by molar-refractivity contribution is -0.122. The van der Waals surface area contributed by atoms with Crippen molar-refractivity contribution in [3.63, 3.8) is 0 Å². The van der Waals surface area contributed by atoms with Crippen molar-refractivity contribution < 1.29 is 4.79 Å². The average Bonchev–Trinajstić information content (AvgIpc) is 2.01. The SMILES string of the molecule is CCC(=O)NC(C)(C)CC(C)(C)CC. The van der Waals surface area contributed by atoms with E-state index in [4.69, 9.17) is 0 Å². The zero-order valence-corrected chi connectivity index (χ0v) is 10.5. The normalized spacial score (nSPS) is 12.7. The van der Waals surface area contributed by atoms with Crippen molar-refractivity contribution in [2.24, 2.45) is 5.41 Å². The second kappa shape index (κ2) is 4.81. The van der Waals surface area contributed by atoms with E-state index < -0.39 is 0 Å². The smallest absolute Gasteiger partial charge is 0.220 e. The number of nitrogens with one attached hydrogen (secondary N) is 1. The van der Waals surface area contributed by atoms with Crippen LogP contribution in [0, 0.1) is 5.41 Å². The quantitative estimate of drug-likeness (QED) is 0.724. The van der Waals surface area contributed by atoms with Gasteiger partial charge in [0.2, 0.25) is 5.91 Å². The van der Waals surface area contributed by atoms with Gasteiger partial charge in [-0.1, -0.05) is 34.1 Å². The Balaban J connectivity index is 4.26. The molecular formula is C12H25NO. The maximum Gasteiger partial charge on any atom is 0.220 e. The molecule has 0 aliphatic rings. The van der Waals surface area contributed by atoms with E-state index in [0.717, 1.165) is 12.8 Å². The Bertz CT molecular complexity index is 194. The second-order valence-corrected chi connectivity index (χ2v) is 5.48. The molecule has 0 aromatic carbocycles. The first-order valence-electron chi connectivity index (χ1n) is 5.53. The molecule has 0 aliphatic heterocycles. The fourth-order valence-electron chi connectivity index (χ4n) is 1.83. The molecule has 0 radical (unpaired) electrons. The van der Waals surface area contributed by atoms with Gasteiger partial charge >= 0.3 is 0 Å². The Morgan fingerprint density at radius 1 is 1.14 bits per heavy atom. The highest BCUT2D eigenvalue weighted by Gasteiger charge is 2.28. The van der Waals surface area contributed by atoms with Crippen LogP contribution in [-0.4, -0.2) is 11.4 Å². The number of amides is 1. The molecule has 0 atom stereocenters. The van der Waals surface area contributed by atoms with Gasteiger partial charge in [-0.15, -0.1) is 0 Å². The van der Waals surface area contributed by atoms with E-state index in [1.807, 2.05) is 6.92 Å². The molecule has 0 aliphatic carbocycles. The van der Waals surface area contributed by atoms with Gasteiger partial charge in [-0.05, 0) is 25.7 Å². The summed E-state index contributed by atoms with van der Waals surface area (Å²) in [6.07, 6.45) is 2.72. The largest absolute Gasteiger partial charge is 0.351 e. The summed E-state index contributed by atoms with van der Waals surface area (Å²) < 4.78 is 0. The molecular weight excluding hydrogens is 174 g/mol. The minimum absolute atomic E-state index is 0.0907. The van der Waals surface area contributed by atoms with Crippen molar-refractivity contribution in [3.05, 3.63) is 0 Å². The average molecular weight is 199 g/mol. The van der Waals surface area contributed by atoms with Crippen LogP contribution in [0.15, 0.2) is 0 Å². The first kappa shape index (κ1) is 13.5. The molecule has 0 spiro atoms. The molecule has 0 fully saturated rings. The topological polar surface area (TPSA) is 29.1 Å². The highest BCUT2D eigenvalue weighted by Crippen LogP contribution is 2.30. The summed E-state index contributed by atoms with van der Waals surface area (Å²) in [5.41, 5.74) is 0.205. The molecule has 0 bridgehead atoms. The van der Waals surface area contributed by atoms with Gasteiger partial charge in [0.1, 0.15) is 0 Å². The minimum Gasteiger partial charge on any atom is -0.351 e. The summed E-state index contributed by atoms with van der Waals surface area (Å²) in [5.74, 6) is 0.141. The number of carbonyl (C=O) groups is 1. The van der Waals surface area contributed by atoms with Gasteiger partial charge in [0.15, 0.2) is 0 Å². The fourth-order valence-corrected chi connectivity index (χ4v) is 1.83. The first-order valence-corrected chi connectivity index (χ1v) is 5.53. The Morgan fingerprint density at radius 2 is 1.64 bits per heavy atom. The first-order chi connectivity index (χ1) is 6.22. The van der Waals surface area contributed by atoms with Crippen LogP contribution >= 0.6 is 0 Å². The van der Waals surface area contributed by atoms with Gasteiger partial charge in [-0.3, -0.25) is 4.79 Å². The molecule has 0 aromatic rings. The van der Waals surface area contributed by atoms with E-state index in [2.05, 4.69) is 39.9 Å². The third-order valence-electron chi connectivity index (χ3n) is 2.68. The predicted molar refractivity (Wildman–Crippen MR) is 61.2 cm³/mol. The lowest BCUT2D eigenvalue weighted by atomic mass is 9.78. The van der Waals surface area contributed by atoms with Gasteiger partial charge in [0, 0.05) is 12.0 Å². The molecule has 0 unspecified atom stereocenters. The third-order valence-corrected chi connectivity index (χ3v) is 2.68. The highest BCUT2D eigenvalue weighted by atomic mass is 16.1. The Hall–Kier alpha value is -0.530. The van der Waals surface area contributed by atoms with Gasteiger partial charge < -0.3 is 5.32 Å². The molecule has 0 aromatic heterocycles. The van der Waals surface area contributed by atoms with Crippen molar-refractivity contribution in [1.29, 1.82) is 0 Å². The van der Waals surface area contributed by atoms with Crippen molar-refractivity contribution in [1.82, 2.24) is 5.32 Å². The van der Waals surface area contributed by atoms with Gasteiger partial charge in [-0.25, -0.2) is 0 Å². The Morgan fingerprint density at radius 3 is 2.00 bits per heavy atom. The molecule has 84 valence electrons. The molecule has 0 rings (SSSR count). The summed E-state index contributed by atoms with van der Waals surface area (Å²) in [4.78, 5) is 11.3. The zero-order chi connectivity index (χ0) is 11.4. The summed E-state index contributed by atoms with van der Waals surface area (Å²) in [6, 6.07) is 0. The van der Waals surface area contributed by atoms with Crippen molar-refractivity contribution in [2.75, 3.05) is 0 Å². The predicted octanol–water partition coefficient (Wildman–Crippen LogP) is 3.12. The van der Waals surface area contributed by atoms with E-state index in [-0.39, 0.29) is 11.4 Å². The molecule has 0 saturated heterocycles. The Labute approximate surface area is 88.5 Å². The molecule has 2 nitrogen and oxygen atoms in total. The summed E-state index contributed by atoms with van der Waals surface area (Å²) >= 11 is 0. The summed E-state index contributed by atoms with van der Waals surface area (Å²) in [7, 11) is 0. The lowest BCUT2D eigenvalue weighted by Gasteiger charge is -2.35. The molecule has 1 amide bonds. The fraction of sp³-hybridized carbons (Fsp3) is 0.917. The molecule has 14 heavy (non-hydrogen) atoms. The Kier molecular flexibility index (Phi) is 4.63. The minimum atomic E-state index is -0.0907. The van der Waals surface area contributed by atoms with Crippen molar-refractivity contribution in [2.45, 2.75) is 66.3 Å². The molecule has 0 heterocycles. The number of hydrogen-bond donors (Lipinski definition) is 1. The van der Waals surface area contributed by atoms with Crippen LogP contribution in [-0.2, 0) is 4.79 Å². The number of carbonyl (C=O) groups excluding carboxylic acids is 1. The van der Waals surface area contributed by atoms with E-state index in [1.165, 1.54) is 0 Å². The van der Waals surface area contributed by atoms with Crippen molar-refractivity contribution >= 4 is 5.91 Å².